The summed E-state index contributed by atoms with van der Waals surface area (Å²) in [5.74, 6) is -1.15. The van der Waals surface area contributed by atoms with Crippen LogP contribution in [0.1, 0.15) is 45.9 Å². The third-order valence-corrected chi connectivity index (χ3v) is 7.95. The van der Waals surface area contributed by atoms with Gasteiger partial charge in [0.1, 0.15) is 24.4 Å². The van der Waals surface area contributed by atoms with Gasteiger partial charge in [-0.05, 0) is 37.5 Å². The highest BCUT2D eigenvalue weighted by molar-refractivity contribution is 7.09. The molecule has 1 aromatic heterocycles. The number of aryl methyl sites for hydroxylation is 2. The van der Waals surface area contributed by atoms with E-state index in [0.717, 1.165) is 22.7 Å². The summed E-state index contributed by atoms with van der Waals surface area (Å²) in [6, 6.07) is 14.5. The maximum absolute atomic E-state index is 13.4. The minimum absolute atomic E-state index is 0.0557. The lowest BCUT2D eigenvalue weighted by Crippen LogP contribution is -2.50. The highest BCUT2D eigenvalue weighted by atomic mass is 32.1. The van der Waals surface area contributed by atoms with Gasteiger partial charge in [0, 0.05) is 43.9 Å². The number of rotatable bonds is 7. The lowest BCUT2D eigenvalue weighted by Gasteiger charge is -2.25. The van der Waals surface area contributed by atoms with Gasteiger partial charge in [0.05, 0.1) is 17.1 Å². The molecule has 1 aliphatic heterocycles. The Bertz CT molecular complexity index is 1380. The fraction of sp³-hybridized carbons (Fsp3) is 0.387. The topological polar surface area (TPSA) is 130 Å². The Morgan fingerprint density at radius 3 is 2.62 bits per heavy atom. The highest BCUT2D eigenvalue weighted by Gasteiger charge is 2.28. The van der Waals surface area contributed by atoms with Crippen LogP contribution in [0.2, 0.25) is 0 Å². The van der Waals surface area contributed by atoms with Crippen molar-refractivity contribution in [1.82, 2.24) is 25.8 Å². The van der Waals surface area contributed by atoms with E-state index in [1.165, 1.54) is 4.90 Å². The molecule has 42 heavy (non-hydrogen) atoms. The maximum Gasteiger partial charge on any atom is 0.255 e. The number of carbonyl (C=O) groups is 4. The van der Waals surface area contributed by atoms with Crippen molar-refractivity contribution in [2.75, 3.05) is 26.7 Å². The third-order valence-electron chi connectivity index (χ3n) is 6.92. The van der Waals surface area contributed by atoms with Crippen molar-refractivity contribution in [3.8, 4) is 5.75 Å². The van der Waals surface area contributed by atoms with Gasteiger partial charge in [0.25, 0.3) is 5.91 Å². The molecule has 0 saturated heterocycles. The molecule has 2 aromatic carbocycles. The summed E-state index contributed by atoms with van der Waals surface area (Å²) in [6.07, 6.45) is 1.73. The fourth-order valence-corrected chi connectivity index (χ4v) is 5.46. The second kappa shape index (κ2) is 15.1. The van der Waals surface area contributed by atoms with Crippen molar-refractivity contribution in [3.63, 3.8) is 0 Å². The Balaban J connectivity index is 1.49. The summed E-state index contributed by atoms with van der Waals surface area (Å²) in [7, 11) is 1.66. The highest BCUT2D eigenvalue weighted by Crippen LogP contribution is 2.19. The van der Waals surface area contributed by atoms with E-state index in [1.807, 2.05) is 42.6 Å². The molecule has 10 nitrogen and oxygen atoms in total. The Morgan fingerprint density at radius 2 is 1.86 bits per heavy atom. The van der Waals surface area contributed by atoms with Crippen molar-refractivity contribution < 1.29 is 23.9 Å². The van der Waals surface area contributed by atoms with Crippen molar-refractivity contribution >= 4 is 35.0 Å². The molecule has 0 saturated carbocycles. The number of thiazole rings is 1. The standard InChI is InChI=1S/C31H37N5O5S/c1-21-20-42-28(33-21)13-8-16-32-30(39)24-14-15-27(37)34-25(19-22-9-4-3-5-10-22)31(40)36(2)17-18-41-26-12-7-6-11-23(26)29(38)35-24/h3-7,9-12,20,24-25H,8,13-19H2,1-2H3,(H,32,39)(H,34,37)(H,35,38)/t24-,25-/m0/s1. The van der Waals surface area contributed by atoms with E-state index in [-0.39, 0.29) is 49.3 Å². The van der Waals surface area contributed by atoms with E-state index in [0.29, 0.717) is 25.1 Å². The summed E-state index contributed by atoms with van der Waals surface area (Å²) in [4.78, 5) is 58.9. The van der Waals surface area contributed by atoms with E-state index in [9.17, 15) is 19.2 Å². The van der Waals surface area contributed by atoms with Gasteiger partial charge in [0.2, 0.25) is 17.7 Å². The quantitative estimate of drug-likeness (QED) is 0.363. The van der Waals surface area contributed by atoms with E-state index < -0.39 is 18.0 Å². The van der Waals surface area contributed by atoms with Gasteiger partial charge in [-0.2, -0.15) is 0 Å². The Hall–Kier alpha value is -4.25. The molecule has 4 rings (SSSR count). The van der Waals surface area contributed by atoms with Crippen LogP contribution in [0.3, 0.4) is 0 Å². The van der Waals surface area contributed by atoms with E-state index >= 15 is 0 Å². The average molecular weight is 592 g/mol. The number of aromatic nitrogens is 1. The molecule has 0 radical (unpaired) electrons. The number of fused-ring (bicyclic) bond motifs is 1. The van der Waals surface area contributed by atoms with Crippen molar-refractivity contribution in [2.24, 2.45) is 0 Å². The van der Waals surface area contributed by atoms with Crippen LogP contribution in [0, 0.1) is 6.92 Å². The molecule has 3 aromatic rings. The van der Waals surface area contributed by atoms with Crippen LogP contribution in [0.15, 0.2) is 60.0 Å². The maximum atomic E-state index is 13.4. The van der Waals surface area contributed by atoms with E-state index in [1.54, 1.807) is 42.6 Å². The molecular formula is C31H37N5O5S. The number of nitrogens with one attached hydrogen (secondary N) is 3. The van der Waals surface area contributed by atoms with Crippen LogP contribution in [0.4, 0.5) is 0 Å². The zero-order valence-electron chi connectivity index (χ0n) is 23.9. The largest absolute Gasteiger partial charge is 0.491 e. The summed E-state index contributed by atoms with van der Waals surface area (Å²) in [6.45, 7) is 2.73. The number of benzene rings is 2. The first kappa shape index (κ1) is 30.7. The van der Waals surface area contributed by atoms with Crippen LogP contribution in [0.25, 0.3) is 0 Å². The third kappa shape index (κ3) is 8.87. The van der Waals surface area contributed by atoms with E-state index in [4.69, 9.17) is 4.74 Å². The zero-order valence-corrected chi connectivity index (χ0v) is 24.7. The molecule has 0 bridgehead atoms. The lowest BCUT2D eigenvalue weighted by atomic mass is 10.0. The number of carbonyl (C=O) groups excluding carboxylic acids is 4. The van der Waals surface area contributed by atoms with Gasteiger partial charge in [-0.1, -0.05) is 42.5 Å². The van der Waals surface area contributed by atoms with Gasteiger partial charge in [0.15, 0.2) is 0 Å². The molecule has 0 spiro atoms. The molecule has 222 valence electrons. The van der Waals surface area contributed by atoms with Gasteiger partial charge < -0.3 is 25.6 Å². The minimum Gasteiger partial charge on any atom is -0.491 e. The van der Waals surface area contributed by atoms with Gasteiger partial charge >= 0.3 is 0 Å². The van der Waals surface area contributed by atoms with Crippen molar-refractivity contribution in [1.29, 1.82) is 0 Å². The molecular weight excluding hydrogens is 554 g/mol. The second-order valence-corrected chi connectivity index (χ2v) is 11.2. The molecule has 1 aliphatic rings. The SMILES string of the molecule is Cc1csc(CCCNC(=O)[C@@H]2CCC(=O)N[C@@H](Cc3ccccc3)C(=O)N(C)CCOc3ccccc3C(=O)N2)n1. The van der Waals surface area contributed by atoms with Crippen molar-refractivity contribution in [2.45, 2.75) is 51.1 Å². The van der Waals surface area contributed by atoms with Crippen LogP contribution < -0.4 is 20.7 Å². The molecule has 2 heterocycles. The Morgan fingerprint density at radius 1 is 1.10 bits per heavy atom. The molecule has 0 fully saturated rings. The second-order valence-electron chi connectivity index (χ2n) is 10.3. The monoisotopic (exact) mass is 591 g/mol. The number of likely N-dealkylation sites (N-methyl/N-ethyl adjacent to an activating group) is 1. The first-order valence-electron chi connectivity index (χ1n) is 14.1. The Kier molecular flexibility index (Phi) is 11.0. The molecule has 4 amide bonds. The molecule has 11 heteroatoms. The first-order valence-corrected chi connectivity index (χ1v) is 15.0. The van der Waals surface area contributed by atoms with Crippen LogP contribution in [-0.2, 0) is 27.2 Å². The van der Waals surface area contributed by atoms with Gasteiger partial charge in [-0.15, -0.1) is 11.3 Å². The van der Waals surface area contributed by atoms with Gasteiger partial charge in [-0.3, -0.25) is 19.2 Å². The summed E-state index contributed by atoms with van der Waals surface area (Å²) >= 11 is 1.58. The van der Waals surface area contributed by atoms with Crippen LogP contribution in [-0.4, -0.2) is 72.3 Å². The van der Waals surface area contributed by atoms with Crippen molar-refractivity contribution in [3.05, 3.63) is 81.8 Å². The van der Waals surface area contributed by atoms with E-state index in [2.05, 4.69) is 20.9 Å². The number of nitrogens with zero attached hydrogens (tertiary/aromatic N) is 2. The first-order chi connectivity index (χ1) is 20.3. The molecule has 0 aliphatic carbocycles. The number of amides is 4. The summed E-state index contributed by atoms with van der Waals surface area (Å²) in [5, 5.41) is 11.5. The zero-order chi connectivity index (χ0) is 29.9. The number of hydrogen-bond donors (Lipinski definition) is 3. The molecule has 2 atom stereocenters. The predicted molar refractivity (Wildman–Crippen MR) is 160 cm³/mol. The number of para-hydroxylation sites is 1. The van der Waals surface area contributed by atoms with Crippen LogP contribution in [0.5, 0.6) is 5.75 Å². The molecule has 3 N–H and O–H groups in total. The molecule has 0 unspecified atom stereocenters. The minimum atomic E-state index is -0.963. The van der Waals surface area contributed by atoms with Gasteiger partial charge in [-0.25, -0.2) is 4.98 Å². The predicted octanol–water partition coefficient (Wildman–Crippen LogP) is 2.66. The fourth-order valence-electron chi connectivity index (χ4n) is 4.64. The summed E-state index contributed by atoms with van der Waals surface area (Å²) < 4.78 is 5.90. The Labute approximate surface area is 249 Å². The lowest BCUT2D eigenvalue weighted by molar-refractivity contribution is -0.135. The van der Waals surface area contributed by atoms with Crippen LogP contribution >= 0.6 is 11.3 Å². The number of ether oxygens (including phenoxy) is 1. The average Bonchev–Trinajstić information content (AvgIpc) is 3.41. The smallest absolute Gasteiger partial charge is 0.255 e. The summed E-state index contributed by atoms with van der Waals surface area (Å²) in [5.41, 5.74) is 2.15. The number of hydrogen-bond acceptors (Lipinski definition) is 7. The normalized spacial score (nSPS) is 18.5.